The third-order valence-corrected chi connectivity index (χ3v) is 5.09. The molecule has 0 aliphatic carbocycles. The first kappa shape index (κ1) is 24.4. The first-order chi connectivity index (χ1) is 12.5. The zero-order chi connectivity index (χ0) is 18.7. The zero-order valence-electron chi connectivity index (χ0n) is 16.4. The van der Waals surface area contributed by atoms with E-state index in [9.17, 15) is 4.79 Å². The van der Waals surface area contributed by atoms with E-state index in [-0.39, 0.29) is 42.8 Å². The number of aromatic nitrogens is 3. The molecule has 3 aromatic heterocycles. The van der Waals surface area contributed by atoms with E-state index in [4.69, 9.17) is 4.98 Å². The van der Waals surface area contributed by atoms with Crippen LogP contribution in [0.1, 0.15) is 44.1 Å². The predicted molar refractivity (Wildman–Crippen MR) is 121 cm³/mol. The van der Waals surface area contributed by atoms with Crippen LogP contribution in [0, 0.1) is 0 Å². The Kier molecular flexibility index (Phi) is 9.36. The maximum atomic E-state index is 12.9. The highest BCUT2D eigenvalue weighted by Gasteiger charge is 2.19. The van der Waals surface area contributed by atoms with Gasteiger partial charge < -0.3 is 10.6 Å². The number of carbonyl (C=O) groups excluding carboxylic acids is 1. The van der Waals surface area contributed by atoms with Crippen molar-refractivity contribution in [2.45, 2.75) is 39.8 Å². The Morgan fingerprint density at radius 2 is 2.04 bits per heavy atom. The van der Waals surface area contributed by atoms with Crippen LogP contribution in [0.25, 0.3) is 21.6 Å². The molecule has 0 radical (unpaired) electrons. The van der Waals surface area contributed by atoms with Crippen LogP contribution in [0.2, 0.25) is 0 Å². The number of nitrogens with zero attached hydrogens (tertiary/aromatic N) is 3. The summed E-state index contributed by atoms with van der Waals surface area (Å²) in [6.45, 7) is 9.68. The average Bonchev–Trinajstić information content (AvgIpc) is 3.28. The van der Waals surface area contributed by atoms with E-state index in [0.29, 0.717) is 12.1 Å². The lowest BCUT2D eigenvalue weighted by Crippen LogP contribution is -2.38. The number of fused-ring (bicyclic) bond motifs is 1. The molecule has 28 heavy (non-hydrogen) atoms. The van der Waals surface area contributed by atoms with Gasteiger partial charge in [0.2, 0.25) is 0 Å². The molecule has 1 atom stereocenters. The minimum Gasteiger partial charge on any atom is -0.350 e. The van der Waals surface area contributed by atoms with Crippen molar-refractivity contribution in [3.63, 3.8) is 0 Å². The van der Waals surface area contributed by atoms with Crippen LogP contribution in [0.4, 0.5) is 0 Å². The van der Waals surface area contributed by atoms with Crippen LogP contribution in [0.3, 0.4) is 0 Å². The number of rotatable bonds is 7. The van der Waals surface area contributed by atoms with Gasteiger partial charge in [0.1, 0.15) is 0 Å². The van der Waals surface area contributed by atoms with Crippen molar-refractivity contribution in [1.29, 1.82) is 0 Å². The molecule has 9 heteroatoms. The Hall–Kier alpha value is -1.67. The summed E-state index contributed by atoms with van der Waals surface area (Å²) < 4.78 is 1.87. The van der Waals surface area contributed by atoms with Gasteiger partial charge in [0.25, 0.3) is 5.91 Å². The molecule has 3 heterocycles. The van der Waals surface area contributed by atoms with Crippen LogP contribution in [0.5, 0.6) is 0 Å². The van der Waals surface area contributed by atoms with Crippen molar-refractivity contribution in [3.8, 4) is 10.6 Å². The predicted octanol–water partition coefficient (Wildman–Crippen LogP) is 4.31. The lowest BCUT2D eigenvalue weighted by molar-refractivity contribution is 0.0952. The van der Waals surface area contributed by atoms with Crippen molar-refractivity contribution in [2.75, 3.05) is 13.1 Å². The molecular weight excluding hydrogens is 417 g/mol. The van der Waals surface area contributed by atoms with Crippen LogP contribution < -0.4 is 10.6 Å². The Bertz CT molecular complexity index is 895. The molecule has 0 saturated carbocycles. The van der Waals surface area contributed by atoms with Crippen molar-refractivity contribution in [1.82, 2.24) is 25.4 Å². The smallest absolute Gasteiger partial charge is 0.252 e. The van der Waals surface area contributed by atoms with E-state index in [0.717, 1.165) is 28.1 Å². The molecule has 3 rings (SSSR count). The second-order valence-corrected chi connectivity index (χ2v) is 7.57. The highest BCUT2D eigenvalue weighted by atomic mass is 35.5. The van der Waals surface area contributed by atoms with E-state index in [2.05, 4.69) is 43.4 Å². The SMILES string of the molecule is CCN[C@H](C)CNC(=O)c1cc(-c2cccs2)nc2c1cnn2C(C)C.Cl.Cl. The third kappa shape index (κ3) is 5.23. The molecule has 0 unspecified atom stereocenters. The van der Waals surface area contributed by atoms with Crippen molar-refractivity contribution < 1.29 is 4.79 Å². The fraction of sp³-hybridized carbons (Fsp3) is 0.421. The highest BCUT2D eigenvalue weighted by Crippen LogP contribution is 2.28. The Balaban J connectivity index is 0.00000196. The molecule has 154 valence electrons. The number of nitrogens with one attached hydrogen (secondary N) is 2. The highest BCUT2D eigenvalue weighted by molar-refractivity contribution is 7.13. The maximum absolute atomic E-state index is 12.9. The summed E-state index contributed by atoms with van der Waals surface area (Å²) in [6, 6.07) is 6.26. The molecule has 6 nitrogen and oxygen atoms in total. The summed E-state index contributed by atoms with van der Waals surface area (Å²) in [5, 5.41) is 13.6. The van der Waals surface area contributed by atoms with Crippen molar-refractivity contribution in [3.05, 3.63) is 35.3 Å². The summed E-state index contributed by atoms with van der Waals surface area (Å²) >= 11 is 1.61. The lowest BCUT2D eigenvalue weighted by atomic mass is 10.1. The van der Waals surface area contributed by atoms with Crippen molar-refractivity contribution in [2.24, 2.45) is 0 Å². The molecule has 0 saturated heterocycles. The van der Waals surface area contributed by atoms with E-state index in [1.807, 2.05) is 28.3 Å². The fourth-order valence-corrected chi connectivity index (χ4v) is 3.58. The van der Waals surface area contributed by atoms with Gasteiger partial charge >= 0.3 is 0 Å². The van der Waals surface area contributed by atoms with Gasteiger partial charge in [-0.2, -0.15) is 5.10 Å². The second kappa shape index (κ2) is 10.8. The molecule has 0 aromatic carbocycles. The monoisotopic (exact) mass is 443 g/mol. The van der Waals surface area contributed by atoms with E-state index in [1.54, 1.807) is 17.5 Å². The van der Waals surface area contributed by atoms with E-state index < -0.39 is 0 Å². The number of carbonyl (C=O) groups is 1. The Morgan fingerprint density at radius 1 is 1.29 bits per heavy atom. The Morgan fingerprint density at radius 3 is 2.64 bits per heavy atom. The van der Waals surface area contributed by atoms with Crippen LogP contribution in [0.15, 0.2) is 29.8 Å². The maximum Gasteiger partial charge on any atom is 0.252 e. The van der Waals surface area contributed by atoms with Crippen LogP contribution in [-0.4, -0.2) is 39.8 Å². The average molecular weight is 444 g/mol. The molecule has 3 aromatic rings. The molecule has 0 spiro atoms. The standard InChI is InChI=1S/C19H25N5OS.2ClH/c1-5-20-13(4)10-21-19(25)14-9-16(17-7-6-8-26-17)23-18-15(14)11-22-24(18)12(2)3;;/h6-9,11-13,20H,5,10H2,1-4H3,(H,21,25);2*1H/t13-;;/m1../s1. The minimum absolute atomic E-state index is 0. The molecule has 0 aliphatic rings. The normalized spacial score (nSPS) is 11.8. The largest absolute Gasteiger partial charge is 0.350 e. The van der Waals surface area contributed by atoms with Crippen molar-refractivity contribution >= 4 is 53.1 Å². The minimum atomic E-state index is -0.0942. The number of pyridine rings is 1. The van der Waals surface area contributed by atoms with Gasteiger partial charge in [-0.05, 0) is 44.8 Å². The molecular formula is C19H27Cl2N5OS. The number of hydrogen-bond acceptors (Lipinski definition) is 5. The number of likely N-dealkylation sites (N-methyl/N-ethyl adjacent to an activating group) is 1. The van der Waals surface area contributed by atoms with Gasteiger partial charge in [-0.15, -0.1) is 36.2 Å². The van der Waals surface area contributed by atoms with Gasteiger partial charge in [0.15, 0.2) is 5.65 Å². The topological polar surface area (TPSA) is 71.8 Å². The lowest BCUT2D eigenvalue weighted by Gasteiger charge is -2.14. The number of amides is 1. The van der Waals surface area contributed by atoms with Crippen LogP contribution in [-0.2, 0) is 0 Å². The summed E-state index contributed by atoms with van der Waals surface area (Å²) in [4.78, 5) is 18.7. The summed E-state index contributed by atoms with van der Waals surface area (Å²) in [5.74, 6) is -0.0942. The van der Waals surface area contributed by atoms with Gasteiger partial charge in [-0.25, -0.2) is 9.67 Å². The number of thiophene rings is 1. The zero-order valence-corrected chi connectivity index (χ0v) is 18.9. The number of hydrogen-bond donors (Lipinski definition) is 2. The first-order valence-corrected chi connectivity index (χ1v) is 9.83. The molecule has 2 N–H and O–H groups in total. The third-order valence-electron chi connectivity index (χ3n) is 4.20. The molecule has 0 fully saturated rings. The van der Waals surface area contributed by atoms with E-state index >= 15 is 0 Å². The van der Waals surface area contributed by atoms with E-state index in [1.165, 1.54) is 0 Å². The first-order valence-electron chi connectivity index (χ1n) is 8.95. The van der Waals surface area contributed by atoms with Gasteiger partial charge in [-0.1, -0.05) is 13.0 Å². The molecule has 0 bridgehead atoms. The summed E-state index contributed by atoms with van der Waals surface area (Å²) in [6.07, 6.45) is 1.74. The van der Waals surface area contributed by atoms with Gasteiger partial charge in [0, 0.05) is 18.6 Å². The second-order valence-electron chi connectivity index (χ2n) is 6.62. The quantitative estimate of drug-likeness (QED) is 0.570. The fourth-order valence-electron chi connectivity index (χ4n) is 2.90. The van der Waals surface area contributed by atoms with Crippen LogP contribution >= 0.6 is 36.2 Å². The Labute approximate surface area is 181 Å². The van der Waals surface area contributed by atoms with Gasteiger partial charge in [0.05, 0.1) is 27.7 Å². The number of halogens is 2. The molecule has 1 amide bonds. The molecule has 0 aliphatic heterocycles. The summed E-state index contributed by atoms with van der Waals surface area (Å²) in [5.41, 5.74) is 2.17. The van der Waals surface area contributed by atoms with Gasteiger partial charge in [-0.3, -0.25) is 4.79 Å². The summed E-state index contributed by atoms with van der Waals surface area (Å²) in [7, 11) is 0.